The molecule has 0 heterocycles. The third-order valence-corrected chi connectivity index (χ3v) is 6.47. The Labute approximate surface area is 189 Å². The van der Waals surface area contributed by atoms with Crippen molar-refractivity contribution in [3.8, 4) is 5.75 Å². The number of rotatable bonds is 9. The van der Waals surface area contributed by atoms with Gasteiger partial charge in [0.25, 0.3) is 5.91 Å². The fourth-order valence-corrected chi connectivity index (χ4v) is 4.17. The van der Waals surface area contributed by atoms with Crippen molar-refractivity contribution < 1.29 is 17.9 Å². The lowest BCUT2D eigenvalue weighted by Crippen LogP contribution is -2.24. The van der Waals surface area contributed by atoms with Crippen LogP contribution >= 0.6 is 46.4 Å². The van der Waals surface area contributed by atoms with Gasteiger partial charge in [0.2, 0.25) is 10.0 Å². The summed E-state index contributed by atoms with van der Waals surface area (Å²) in [5.74, 6) is -0.353. The SMILES string of the molecule is CCCCNS(=O)(=O)c1ccc(OCC(=O)Nc2cc(Cl)c(Cl)cc2Cl)c(Cl)c1. The van der Waals surface area contributed by atoms with E-state index in [9.17, 15) is 13.2 Å². The van der Waals surface area contributed by atoms with Gasteiger partial charge in [0, 0.05) is 6.54 Å². The minimum atomic E-state index is -3.66. The molecule has 0 aliphatic heterocycles. The van der Waals surface area contributed by atoms with Gasteiger partial charge in [-0.05, 0) is 36.8 Å². The molecule has 2 aromatic carbocycles. The van der Waals surface area contributed by atoms with Gasteiger partial charge in [0.1, 0.15) is 5.75 Å². The number of nitrogens with one attached hydrogen (secondary N) is 2. The van der Waals surface area contributed by atoms with Gasteiger partial charge in [-0.3, -0.25) is 4.79 Å². The first-order valence-electron chi connectivity index (χ1n) is 8.50. The predicted molar refractivity (Wildman–Crippen MR) is 117 cm³/mol. The smallest absolute Gasteiger partial charge is 0.262 e. The van der Waals surface area contributed by atoms with E-state index in [0.717, 1.165) is 12.8 Å². The van der Waals surface area contributed by atoms with E-state index >= 15 is 0 Å². The van der Waals surface area contributed by atoms with Crippen molar-refractivity contribution in [2.45, 2.75) is 24.7 Å². The van der Waals surface area contributed by atoms with Crippen molar-refractivity contribution >= 4 is 68.0 Å². The standard InChI is InChI=1S/C18H18Cl4N2O4S/c1-2-3-6-23-29(26,27)11-4-5-17(15(22)7-11)28-10-18(25)24-16-9-13(20)12(19)8-14(16)21/h4-5,7-9,23H,2-3,6,10H2,1H3,(H,24,25). The Morgan fingerprint density at radius 1 is 1.00 bits per heavy atom. The van der Waals surface area contributed by atoms with E-state index in [1.54, 1.807) is 0 Å². The maximum absolute atomic E-state index is 12.2. The van der Waals surface area contributed by atoms with Gasteiger partial charge in [-0.25, -0.2) is 13.1 Å². The zero-order chi connectivity index (χ0) is 21.6. The molecule has 11 heteroatoms. The summed E-state index contributed by atoms with van der Waals surface area (Å²) >= 11 is 23.9. The van der Waals surface area contributed by atoms with Crippen LogP contribution in [0, 0.1) is 0 Å². The maximum Gasteiger partial charge on any atom is 0.262 e. The van der Waals surface area contributed by atoms with Crippen LogP contribution in [0.25, 0.3) is 0 Å². The molecule has 6 nitrogen and oxygen atoms in total. The number of ether oxygens (including phenoxy) is 1. The lowest BCUT2D eigenvalue weighted by molar-refractivity contribution is -0.118. The van der Waals surface area contributed by atoms with Crippen molar-refractivity contribution in [2.75, 3.05) is 18.5 Å². The normalized spacial score (nSPS) is 11.3. The number of halogens is 4. The van der Waals surface area contributed by atoms with Gasteiger partial charge in [-0.15, -0.1) is 0 Å². The van der Waals surface area contributed by atoms with Crippen LogP contribution in [0.5, 0.6) is 5.75 Å². The molecule has 0 aliphatic carbocycles. The Kier molecular flexibility index (Phi) is 8.88. The number of carbonyl (C=O) groups is 1. The Bertz CT molecular complexity index is 1000. The molecule has 0 aliphatic rings. The first-order valence-corrected chi connectivity index (χ1v) is 11.5. The van der Waals surface area contributed by atoms with Gasteiger partial charge >= 0.3 is 0 Å². The number of sulfonamides is 1. The summed E-state index contributed by atoms with van der Waals surface area (Å²) in [6.07, 6.45) is 1.59. The minimum absolute atomic E-state index is 0.0120. The quantitative estimate of drug-likeness (QED) is 0.357. The number of unbranched alkanes of at least 4 members (excludes halogenated alkanes) is 1. The van der Waals surface area contributed by atoms with Crippen molar-refractivity contribution in [3.05, 3.63) is 50.4 Å². The molecule has 0 saturated heterocycles. The molecule has 2 rings (SSSR count). The molecule has 2 aromatic rings. The Morgan fingerprint density at radius 2 is 1.69 bits per heavy atom. The van der Waals surface area contributed by atoms with Gasteiger partial charge in [-0.2, -0.15) is 0 Å². The minimum Gasteiger partial charge on any atom is -0.482 e. The van der Waals surface area contributed by atoms with Gasteiger partial charge in [-0.1, -0.05) is 59.7 Å². The number of carbonyl (C=O) groups excluding carboxylic acids is 1. The van der Waals surface area contributed by atoms with E-state index in [2.05, 4.69) is 10.0 Å². The van der Waals surface area contributed by atoms with Crippen LogP contribution in [0.3, 0.4) is 0 Å². The summed E-state index contributed by atoms with van der Waals surface area (Å²) in [5.41, 5.74) is 0.278. The second kappa shape index (κ2) is 10.7. The maximum atomic E-state index is 12.2. The third-order valence-electron chi connectivity index (χ3n) is 3.68. The Morgan fingerprint density at radius 3 is 2.34 bits per heavy atom. The van der Waals surface area contributed by atoms with Crippen molar-refractivity contribution in [3.63, 3.8) is 0 Å². The average molecular weight is 500 g/mol. The summed E-state index contributed by atoms with van der Waals surface area (Å²) in [6.45, 7) is 1.92. The molecule has 0 radical (unpaired) electrons. The van der Waals surface area contributed by atoms with Gasteiger partial charge in [0.05, 0.1) is 30.7 Å². The lowest BCUT2D eigenvalue weighted by Gasteiger charge is -2.12. The molecule has 0 aromatic heterocycles. The molecular weight excluding hydrogens is 482 g/mol. The monoisotopic (exact) mass is 498 g/mol. The van der Waals surface area contributed by atoms with Crippen LogP contribution in [0.4, 0.5) is 5.69 Å². The van der Waals surface area contributed by atoms with E-state index in [0.29, 0.717) is 6.54 Å². The van der Waals surface area contributed by atoms with Crippen molar-refractivity contribution in [2.24, 2.45) is 0 Å². The largest absolute Gasteiger partial charge is 0.482 e. The second-order valence-electron chi connectivity index (χ2n) is 5.93. The molecular formula is C18H18Cl4N2O4S. The highest BCUT2D eigenvalue weighted by atomic mass is 35.5. The van der Waals surface area contributed by atoms with Crippen LogP contribution < -0.4 is 14.8 Å². The number of amides is 1. The van der Waals surface area contributed by atoms with Crippen LogP contribution in [0.1, 0.15) is 19.8 Å². The third kappa shape index (κ3) is 6.91. The van der Waals surface area contributed by atoms with E-state index in [-0.39, 0.29) is 43.0 Å². The van der Waals surface area contributed by atoms with E-state index < -0.39 is 15.9 Å². The van der Waals surface area contributed by atoms with Gasteiger partial charge in [0.15, 0.2) is 6.61 Å². The highest BCUT2D eigenvalue weighted by molar-refractivity contribution is 7.89. The summed E-state index contributed by atoms with van der Waals surface area (Å²) in [7, 11) is -3.66. The molecule has 0 fully saturated rings. The van der Waals surface area contributed by atoms with Crippen LogP contribution in [-0.2, 0) is 14.8 Å². The first kappa shape index (κ1) is 24.1. The number of hydrogen-bond donors (Lipinski definition) is 2. The molecule has 0 saturated carbocycles. The molecule has 0 bridgehead atoms. The molecule has 158 valence electrons. The zero-order valence-corrected chi connectivity index (χ0v) is 19.1. The van der Waals surface area contributed by atoms with Crippen LogP contribution in [0.15, 0.2) is 35.2 Å². The van der Waals surface area contributed by atoms with Crippen molar-refractivity contribution in [1.82, 2.24) is 4.72 Å². The van der Waals surface area contributed by atoms with Gasteiger partial charge < -0.3 is 10.1 Å². The average Bonchev–Trinajstić information content (AvgIpc) is 2.65. The molecule has 0 atom stereocenters. The molecule has 1 amide bonds. The summed E-state index contributed by atoms with van der Waals surface area (Å²) in [6, 6.07) is 6.83. The van der Waals surface area contributed by atoms with E-state index in [4.69, 9.17) is 51.1 Å². The topological polar surface area (TPSA) is 84.5 Å². The summed E-state index contributed by atoms with van der Waals surface area (Å²) in [5, 5.41) is 3.32. The highest BCUT2D eigenvalue weighted by Gasteiger charge is 2.16. The van der Waals surface area contributed by atoms with E-state index in [1.165, 1.54) is 30.3 Å². The number of benzene rings is 2. The number of hydrogen-bond acceptors (Lipinski definition) is 4. The van der Waals surface area contributed by atoms with E-state index in [1.807, 2.05) is 6.92 Å². The summed E-state index contributed by atoms with van der Waals surface area (Å²) in [4.78, 5) is 12.1. The van der Waals surface area contributed by atoms with Crippen LogP contribution in [-0.4, -0.2) is 27.5 Å². The summed E-state index contributed by atoms with van der Waals surface area (Å²) < 4.78 is 32.3. The molecule has 2 N–H and O–H groups in total. The highest BCUT2D eigenvalue weighted by Crippen LogP contribution is 2.32. The fourth-order valence-electron chi connectivity index (χ4n) is 2.18. The Hall–Kier alpha value is -1.22. The Balaban J connectivity index is 2.00. The van der Waals surface area contributed by atoms with Crippen molar-refractivity contribution in [1.29, 1.82) is 0 Å². The zero-order valence-electron chi connectivity index (χ0n) is 15.3. The molecule has 0 spiro atoms. The fraction of sp³-hybridized carbons (Fsp3) is 0.278. The molecule has 29 heavy (non-hydrogen) atoms. The predicted octanol–water partition coefficient (Wildman–Crippen LogP) is 5.40. The second-order valence-corrected chi connectivity index (χ2v) is 9.32. The lowest BCUT2D eigenvalue weighted by atomic mass is 10.3. The van der Waals surface area contributed by atoms with Crippen LogP contribution in [0.2, 0.25) is 20.1 Å². The first-order chi connectivity index (χ1) is 13.6. The molecule has 0 unspecified atom stereocenters. The number of anilines is 1.